The summed E-state index contributed by atoms with van der Waals surface area (Å²) in [7, 11) is 1.51. The highest BCUT2D eigenvalue weighted by molar-refractivity contribution is 5.92. The van der Waals surface area contributed by atoms with E-state index in [1.807, 2.05) is 24.3 Å². The molecule has 1 amide bonds. The SMILES string of the molecule is COCc1cc(C(=O)NC(CC(=O)O)c2ccc(C(C)(C)C)cc2)no1. The number of nitrogens with one attached hydrogen (secondary N) is 1. The van der Waals surface area contributed by atoms with Crippen LogP contribution in [0.3, 0.4) is 0 Å². The molecule has 140 valence electrons. The van der Waals surface area contributed by atoms with Crippen molar-refractivity contribution >= 4 is 11.9 Å². The van der Waals surface area contributed by atoms with Crippen molar-refractivity contribution in [2.45, 2.75) is 45.3 Å². The Hall–Kier alpha value is -2.67. The average Bonchev–Trinajstić information content (AvgIpc) is 3.02. The van der Waals surface area contributed by atoms with Crippen molar-refractivity contribution < 1.29 is 24.0 Å². The number of methoxy groups -OCH3 is 1. The number of carbonyl (C=O) groups excluding carboxylic acids is 1. The summed E-state index contributed by atoms with van der Waals surface area (Å²) >= 11 is 0. The fraction of sp³-hybridized carbons (Fsp3) is 0.421. The topological polar surface area (TPSA) is 102 Å². The normalized spacial score (nSPS) is 12.6. The molecule has 1 aromatic carbocycles. The Morgan fingerprint density at radius 1 is 1.27 bits per heavy atom. The Balaban J connectivity index is 2.18. The van der Waals surface area contributed by atoms with Gasteiger partial charge in [-0.2, -0.15) is 0 Å². The van der Waals surface area contributed by atoms with Crippen LogP contribution in [0.25, 0.3) is 0 Å². The lowest BCUT2D eigenvalue weighted by atomic mass is 9.86. The van der Waals surface area contributed by atoms with Gasteiger partial charge in [0.15, 0.2) is 11.5 Å². The van der Waals surface area contributed by atoms with E-state index in [2.05, 4.69) is 31.2 Å². The fourth-order valence-electron chi connectivity index (χ4n) is 2.50. The van der Waals surface area contributed by atoms with Crippen LogP contribution in [0.4, 0.5) is 0 Å². The molecule has 2 rings (SSSR count). The third-order valence-corrected chi connectivity index (χ3v) is 3.94. The maximum atomic E-state index is 12.4. The summed E-state index contributed by atoms with van der Waals surface area (Å²) in [6.07, 6.45) is -0.233. The number of aliphatic carboxylic acids is 1. The standard InChI is InChI=1S/C19H24N2O5/c1-19(2,3)13-7-5-12(6-8-13)15(10-17(22)23)20-18(24)16-9-14(11-25-4)26-21-16/h5-9,15H,10-11H2,1-4H3,(H,20,24)(H,22,23). The van der Waals surface area contributed by atoms with Gasteiger partial charge >= 0.3 is 5.97 Å². The second kappa shape index (κ2) is 8.14. The molecule has 1 aromatic heterocycles. The van der Waals surface area contributed by atoms with E-state index in [0.717, 1.165) is 5.56 Å². The van der Waals surface area contributed by atoms with Crippen molar-refractivity contribution in [2.24, 2.45) is 0 Å². The molecule has 0 aliphatic heterocycles. The molecule has 0 fully saturated rings. The predicted molar refractivity (Wildman–Crippen MR) is 94.8 cm³/mol. The van der Waals surface area contributed by atoms with E-state index in [0.29, 0.717) is 11.3 Å². The van der Waals surface area contributed by atoms with Gasteiger partial charge in [-0.25, -0.2) is 0 Å². The molecule has 0 saturated heterocycles. The van der Waals surface area contributed by atoms with E-state index in [4.69, 9.17) is 9.26 Å². The quantitative estimate of drug-likeness (QED) is 0.787. The molecule has 0 aliphatic rings. The van der Waals surface area contributed by atoms with E-state index in [1.54, 1.807) is 0 Å². The van der Waals surface area contributed by atoms with Gasteiger partial charge in [-0.1, -0.05) is 50.2 Å². The number of ether oxygens (including phenoxy) is 1. The van der Waals surface area contributed by atoms with E-state index in [-0.39, 0.29) is 24.1 Å². The first-order valence-electron chi connectivity index (χ1n) is 8.28. The number of hydrogen-bond acceptors (Lipinski definition) is 5. The first-order chi connectivity index (χ1) is 12.2. The second-order valence-electron chi connectivity index (χ2n) is 7.11. The molecule has 1 heterocycles. The molecule has 7 heteroatoms. The number of rotatable bonds is 7. The lowest BCUT2D eigenvalue weighted by Crippen LogP contribution is -2.30. The molecule has 1 atom stereocenters. The number of hydrogen-bond donors (Lipinski definition) is 2. The Kier molecular flexibility index (Phi) is 6.15. The number of carboxylic acids is 1. The number of amides is 1. The van der Waals surface area contributed by atoms with E-state index in [1.165, 1.54) is 13.2 Å². The number of carboxylic acid groups (broad SMARTS) is 1. The van der Waals surface area contributed by atoms with Crippen molar-refractivity contribution in [3.05, 3.63) is 52.9 Å². The van der Waals surface area contributed by atoms with Gasteiger partial charge in [0.2, 0.25) is 0 Å². The molecule has 0 bridgehead atoms. The van der Waals surface area contributed by atoms with Gasteiger partial charge in [-0.3, -0.25) is 9.59 Å². The highest BCUT2D eigenvalue weighted by Crippen LogP contribution is 2.25. The van der Waals surface area contributed by atoms with Crippen LogP contribution in [0.5, 0.6) is 0 Å². The smallest absolute Gasteiger partial charge is 0.305 e. The summed E-state index contributed by atoms with van der Waals surface area (Å²) in [6.45, 7) is 6.50. The average molecular weight is 360 g/mol. The predicted octanol–water partition coefficient (Wildman–Crippen LogP) is 3.06. The van der Waals surface area contributed by atoms with Crippen LogP contribution >= 0.6 is 0 Å². The molecule has 7 nitrogen and oxygen atoms in total. The monoisotopic (exact) mass is 360 g/mol. The van der Waals surface area contributed by atoms with Crippen LogP contribution in [-0.4, -0.2) is 29.2 Å². The van der Waals surface area contributed by atoms with Crippen molar-refractivity contribution in [2.75, 3.05) is 7.11 Å². The van der Waals surface area contributed by atoms with E-state index < -0.39 is 17.9 Å². The van der Waals surface area contributed by atoms with E-state index in [9.17, 15) is 14.7 Å². The van der Waals surface area contributed by atoms with Crippen LogP contribution in [0.2, 0.25) is 0 Å². The van der Waals surface area contributed by atoms with E-state index >= 15 is 0 Å². The summed E-state index contributed by atoms with van der Waals surface area (Å²) in [5, 5.41) is 15.6. The Morgan fingerprint density at radius 3 is 2.46 bits per heavy atom. The van der Waals surface area contributed by atoms with Crippen LogP contribution in [0, 0.1) is 0 Å². The highest BCUT2D eigenvalue weighted by atomic mass is 16.5. The first kappa shape index (κ1) is 19.7. The zero-order chi connectivity index (χ0) is 19.3. The summed E-state index contributed by atoms with van der Waals surface area (Å²) in [5.74, 6) is -1.08. The Labute approximate surface area is 152 Å². The molecule has 0 saturated carbocycles. The largest absolute Gasteiger partial charge is 0.481 e. The fourth-order valence-corrected chi connectivity index (χ4v) is 2.50. The van der Waals surface area contributed by atoms with Gasteiger partial charge in [-0.05, 0) is 16.5 Å². The second-order valence-corrected chi connectivity index (χ2v) is 7.11. The van der Waals surface area contributed by atoms with Crippen molar-refractivity contribution in [3.8, 4) is 0 Å². The van der Waals surface area contributed by atoms with Gasteiger partial charge in [0, 0.05) is 13.2 Å². The minimum absolute atomic E-state index is 0.0114. The molecular weight excluding hydrogens is 336 g/mol. The molecule has 2 aromatic rings. The maximum Gasteiger partial charge on any atom is 0.305 e. The summed E-state index contributed by atoms with van der Waals surface area (Å²) < 4.78 is 9.92. The van der Waals surface area contributed by atoms with Gasteiger partial charge in [0.05, 0.1) is 12.5 Å². The summed E-state index contributed by atoms with van der Waals surface area (Å²) in [6, 6.07) is 8.38. The zero-order valence-electron chi connectivity index (χ0n) is 15.4. The minimum atomic E-state index is -1.00. The van der Waals surface area contributed by atoms with Crippen LogP contribution < -0.4 is 5.32 Å². The van der Waals surface area contributed by atoms with Crippen molar-refractivity contribution in [1.29, 1.82) is 0 Å². The van der Waals surface area contributed by atoms with Crippen molar-refractivity contribution in [1.82, 2.24) is 10.5 Å². The summed E-state index contributed by atoms with van der Waals surface area (Å²) in [4.78, 5) is 23.6. The van der Waals surface area contributed by atoms with Crippen LogP contribution in [0.15, 0.2) is 34.9 Å². The lowest BCUT2D eigenvalue weighted by molar-refractivity contribution is -0.137. The molecule has 1 unspecified atom stereocenters. The van der Waals surface area contributed by atoms with Gasteiger partial charge in [-0.15, -0.1) is 0 Å². The minimum Gasteiger partial charge on any atom is -0.481 e. The Morgan fingerprint density at radius 2 is 1.92 bits per heavy atom. The molecule has 2 N–H and O–H groups in total. The number of benzene rings is 1. The van der Waals surface area contributed by atoms with Crippen LogP contribution in [-0.2, 0) is 21.6 Å². The number of aromatic nitrogens is 1. The maximum absolute atomic E-state index is 12.4. The zero-order valence-corrected chi connectivity index (χ0v) is 15.4. The van der Waals surface area contributed by atoms with Crippen molar-refractivity contribution in [3.63, 3.8) is 0 Å². The van der Waals surface area contributed by atoms with Gasteiger partial charge in [0.25, 0.3) is 5.91 Å². The Bertz CT molecular complexity index is 759. The molecule has 0 aliphatic carbocycles. The highest BCUT2D eigenvalue weighted by Gasteiger charge is 2.22. The lowest BCUT2D eigenvalue weighted by Gasteiger charge is -2.21. The van der Waals surface area contributed by atoms with Gasteiger partial charge < -0.3 is 19.7 Å². The molecule has 0 radical (unpaired) electrons. The third kappa shape index (κ3) is 5.16. The number of carbonyl (C=O) groups is 2. The third-order valence-electron chi connectivity index (χ3n) is 3.94. The molecule has 26 heavy (non-hydrogen) atoms. The molecule has 0 spiro atoms. The molecular formula is C19H24N2O5. The number of nitrogens with zero attached hydrogens (tertiary/aromatic N) is 1. The van der Waals surface area contributed by atoms with Crippen LogP contribution in [0.1, 0.15) is 60.6 Å². The van der Waals surface area contributed by atoms with Gasteiger partial charge in [0.1, 0.15) is 6.61 Å². The summed E-state index contributed by atoms with van der Waals surface area (Å²) in [5.41, 5.74) is 1.91. The first-order valence-corrected chi connectivity index (χ1v) is 8.28.